The maximum Gasteiger partial charge on any atom is 0.307 e. The van der Waals surface area contributed by atoms with Gasteiger partial charge in [-0.1, -0.05) is 12.1 Å². The minimum absolute atomic E-state index is 0.0557. The third kappa shape index (κ3) is 2.99. The highest BCUT2D eigenvalue weighted by Crippen LogP contribution is 2.23. The third-order valence-electron chi connectivity index (χ3n) is 2.25. The van der Waals surface area contributed by atoms with Crippen molar-refractivity contribution in [2.24, 2.45) is 0 Å². The van der Waals surface area contributed by atoms with Crippen molar-refractivity contribution in [3.05, 3.63) is 29.8 Å². The van der Waals surface area contributed by atoms with Crippen molar-refractivity contribution in [1.29, 1.82) is 5.26 Å². The predicted molar refractivity (Wildman–Crippen MR) is 58.0 cm³/mol. The van der Waals surface area contributed by atoms with Gasteiger partial charge in [-0.25, -0.2) is 0 Å². The van der Waals surface area contributed by atoms with Crippen LogP contribution in [0.1, 0.15) is 17.9 Å². The molecule has 0 heterocycles. The summed E-state index contributed by atoms with van der Waals surface area (Å²) in [4.78, 5) is 11.1. The summed E-state index contributed by atoms with van der Waals surface area (Å²) in [6, 6.07) is 9.19. The van der Waals surface area contributed by atoms with E-state index in [2.05, 4.69) is 10.8 Å². The topological polar surface area (TPSA) is 59.3 Å². The molecule has 0 saturated heterocycles. The van der Waals surface area contributed by atoms with E-state index in [1.54, 1.807) is 31.4 Å². The number of methoxy groups -OCH3 is 2. The number of benzene rings is 1. The molecular formula is C12H13NO3. The fourth-order valence-electron chi connectivity index (χ4n) is 1.35. The van der Waals surface area contributed by atoms with Crippen LogP contribution < -0.4 is 4.74 Å². The predicted octanol–water partition coefficient (Wildman–Crippen LogP) is 1.87. The molecule has 0 amide bonds. The highest BCUT2D eigenvalue weighted by atomic mass is 16.5. The van der Waals surface area contributed by atoms with Gasteiger partial charge in [0.15, 0.2) is 0 Å². The first-order valence-electron chi connectivity index (χ1n) is 4.81. The average Bonchev–Trinajstić information content (AvgIpc) is 2.35. The lowest BCUT2D eigenvalue weighted by Crippen LogP contribution is -2.07. The van der Waals surface area contributed by atoms with Crippen LogP contribution in [0.25, 0.3) is 0 Å². The Bertz CT molecular complexity index is 409. The van der Waals surface area contributed by atoms with Gasteiger partial charge in [0.1, 0.15) is 5.75 Å². The molecule has 1 unspecified atom stereocenters. The van der Waals surface area contributed by atoms with E-state index in [0.717, 1.165) is 5.56 Å². The number of carbonyl (C=O) groups excluding carboxylic acids is 1. The summed E-state index contributed by atoms with van der Waals surface area (Å²) in [6.45, 7) is 0. The normalized spacial score (nSPS) is 11.3. The van der Waals surface area contributed by atoms with Crippen molar-refractivity contribution < 1.29 is 14.3 Å². The van der Waals surface area contributed by atoms with Crippen LogP contribution in [0, 0.1) is 11.3 Å². The molecule has 1 aromatic rings. The number of ether oxygens (including phenoxy) is 2. The first-order chi connectivity index (χ1) is 7.71. The monoisotopic (exact) mass is 219 g/mol. The van der Waals surface area contributed by atoms with Crippen LogP contribution in [0.2, 0.25) is 0 Å². The number of hydrogen-bond donors (Lipinski definition) is 0. The summed E-state index contributed by atoms with van der Waals surface area (Å²) in [6.07, 6.45) is 0.0557. The maximum atomic E-state index is 11.1. The van der Waals surface area contributed by atoms with E-state index in [0.29, 0.717) is 5.75 Å². The maximum absolute atomic E-state index is 11.1. The molecule has 84 valence electrons. The first-order valence-corrected chi connectivity index (χ1v) is 4.81. The van der Waals surface area contributed by atoms with Gasteiger partial charge in [-0.3, -0.25) is 4.79 Å². The van der Waals surface area contributed by atoms with Crippen LogP contribution in [0.4, 0.5) is 0 Å². The Morgan fingerprint density at radius 2 is 2.25 bits per heavy atom. The Hall–Kier alpha value is -2.02. The zero-order valence-corrected chi connectivity index (χ0v) is 9.27. The molecule has 0 bridgehead atoms. The zero-order valence-electron chi connectivity index (χ0n) is 9.27. The highest BCUT2D eigenvalue weighted by Gasteiger charge is 2.16. The van der Waals surface area contributed by atoms with E-state index >= 15 is 0 Å². The van der Waals surface area contributed by atoms with E-state index < -0.39 is 11.9 Å². The van der Waals surface area contributed by atoms with E-state index in [1.807, 2.05) is 0 Å². The number of rotatable bonds is 4. The van der Waals surface area contributed by atoms with E-state index in [9.17, 15) is 4.79 Å². The van der Waals surface area contributed by atoms with Crippen molar-refractivity contribution in [3.8, 4) is 11.8 Å². The zero-order chi connectivity index (χ0) is 12.0. The van der Waals surface area contributed by atoms with Gasteiger partial charge < -0.3 is 9.47 Å². The largest absolute Gasteiger partial charge is 0.497 e. The molecule has 16 heavy (non-hydrogen) atoms. The number of nitrogens with zero attached hydrogens (tertiary/aromatic N) is 1. The Kier molecular flexibility index (Phi) is 4.34. The van der Waals surface area contributed by atoms with Crippen molar-refractivity contribution in [3.63, 3.8) is 0 Å². The summed E-state index contributed by atoms with van der Waals surface area (Å²) < 4.78 is 9.59. The molecule has 1 atom stereocenters. The van der Waals surface area contributed by atoms with Crippen LogP contribution in [0.3, 0.4) is 0 Å². The van der Waals surface area contributed by atoms with Crippen LogP contribution in [-0.4, -0.2) is 20.2 Å². The number of esters is 1. The fourth-order valence-corrected chi connectivity index (χ4v) is 1.35. The minimum atomic E-state index is -0.498. The average molecular weight is 219 g/mol. The Morgan fingerprint density at radius 3 is 2.81 bits per heavy atom. The Labute approximate surface area is 94.4 Å². The third-order valence-corrected chi connectivity index (χ3v) is 2.25. The molecule has 0 spiro atoms. The quantitative estimate of drug-likeness (QED) is 0.725. The fraction of sp³-hybridized carbons (Fsp3) is 0.333. The second-order valence-electron chi connectivity index (χ2n) is 3.24. The van der Waals surface area contributed by atoms with Gasteiger partial charge in [0.25, 0.3) is 0 Å². The van der Waals surface area contributed by atoms with Gasteiger partial charge in [-0.05, 0) is 17.7 Å². The number of nitriles is 1. The summed E-state index contributed by atoms with van der Waals surface area (Å²) in [5, 5.41) is 8.99. The molecule has 0 aliphatic heterocycles. The molecule has 1 rings (SSSR count). The molecule has 0 fully saturated rings. The summed E-state index contributed by atoms with van der Waals surface area (Å²) in [5.41, 5.74) is 0.757. The van der Waals surface area contributed by atoms with Gasteiger partial charge in [-0.15, -0.1) is 0 Å². The molecule has 0 aliphatic carbocycles. The lowest BCUT2D eigenvalue weighted by Gasteiger charge is -2.09. The molecule has 0 aromatic heterocycles. The van der Waals surface area contributed by atoms with Crippen LogP contribution >= 0.6 is 0 Å². The summed E-state index contributed by atoms with van der Waals surface area (Å²) in [7, 11) is 2.86. The molecule has 0 radical (unpaired) electrons. The van der Waals surface area contributed by atoms with E-state index in [1.165, 1.54) is 7.11 Å². The molecule has 0 N–H and O–H groups in total. The van der Waals surface area contributed by atoms with Gasteiger partial charge in [0.2, 0.25) is 0 Å². The molecule has 4 heteroatoms. The van der Waals surface area contributed by atoms with Crippen LogP contribution in [0.5, 0.6) is 5.75 Å². The standard InChI is InChI=1S/C12H13NO3/c1-15-11-5-3-4-9(6-11)10(8-13)7-12(14)16-2/h3-6,10H,7H2,1-2H3. The smallest absolute Gasteiger partial charge is 0.307 e. The van der Waals surface area contributed by atoms with E-state index in [4.69, 9.17) is 10.00 Å². The van der Waals surface area contributed by atoms with E-state index in [-0.39, 0.29) is 6.42 Å². The minimum Gasteiger partial charge on any atom is -0.497 e. The lowest BCUT2D eigenvalue weighted by atomic mass is 9.97. The molecule has 4 nitrogen and oxygen atoms in total. The highest BCUT2D eigenvalue weighted by molar-refractivity contribution is 5.71. The van der Waals surface area contributed by atoms with Gasteiger partial charge in [0, 0.05) is 0 Å². The second kappa shape index (κ2) is 5.76. The second-order valence-corrected chi connectivity index (χ2v) is 3.24. The van der Waals surface area contributed by atoms with Gasteiger partial charge in [-0.2, -0.15) is 5.26 Å². The van der Waals surface area contributed by atoms with Crippen molar-refractivity contribution in [1.82, 2.24) is 0 Å². The molecule has 1 aromatic carbocycles. The Morgan fingerprint density at radius 1 is 1.50 bits per heavy atom. The van der Waals surface area contributed by atoms with Gasteiger partial charge >= 0.3 is 5.97 Å². The van der Waals surface area contributed by atoms with Gasteiger partial charge in [0.05, 0.1) is 32.6 Å². The lowest BCUT2D eigenvalue weighted by molar-refractivity contribution is -0.140. The number of hydrogen-bond acceptors (Lipinski definition) is 4. The molecular weight excluding hydrogens is 206 g/mol. The van der Waals surface area contributed by atoms with Crippen LogP contribution in [0.15, 0.2) is 24.3 Å². The van der Waals surface area contributed by atoms with Crippen molar-refractivity contribution >= 4 is 5.97 Å². The molecule has 0 aliphatic rings. The molecule has 0 saturated carbocycles. The number of carbonyl (C=O) groups is 1. The Balaban J connectivity index is 2.87. The van der Waals surface area contributed by atoms with Crippen molar-refractivity contribution in [2.75, 3.05) is 14.2 Å². The van der Waals surface area contributed by atoms with Crippen LogP contribution in [-0.2, 0) is 9.53 Å². The SMILES string of the molecule is COC(=O)CC(C#N)c1cccc(OC)c1. The summed E-state index contributed by atoms with van der Waals surface area (Å²) in [5.74, 6) is -0.223. The van der Waals surface area contributed by atoms with Crippen molar-refractivity contribution in [2.45, 2.75) is 12.3 Å². The summed E-state index contributed by atoms with van der Waals surface area (Å²) >= 11 is 0. The first kappa shape index (κ1) is 12.1.